The number of nitrogens with two attached hydrogens (primary N) is 2. The molecule has 19 heavy (non-hydrogen) atoms. The lowest BCUT2D eigenvalue weighted by atomic mass is 9.84. The molecule has 0 bridgehead atoms. The lowest BCUT2D eigenvalue weighted by molar-refractivity contribution is 0.315. The predicted molar refractivity (Wildman–Crippen MR) is 81.7 cm³/mol. The second kappa shape index (κ2) is 7.51. The Morgan fingerprint density at radius 3 is 2.26 bits per heavy atom. The molecule has 3 nitrogen and oxygen atoms in total. The van der Waals surface area contributed by atoms with Crippen LogP contribution in [0.3, 0.4) is 0 Å². The van der Waals surface area contributed by atoms with Crippen LogP contribution in [0.1, 0.15) is 42.9 Å². The van der Waals surface area contributed by atoms with E-state index in [1.54, 1.807) is 0 Å². The molecule has 0 saturated heterocycles. The third-order valence-corrected chi connectivity index (χ3v) is 4.04. The first-order chi connectivity index (χ1) is 9.06. The highest BCUT2D eigenvalue weighted by atomic mass is 16.5. The first-order valence-electron chi connectivity index (χ1n) is 7.19. The van der Waals surface area contributed by atoms with Gasteiger partial charge >= 0.3 is 0 Å². The Morgan fingerprint density at radius 2 is 1.74 bits per heavy atom. The summed E-state index contributed by atoms with van der Waals surface area (Å²) >= 11 is 0. The van der Waals surface area contributed by atoms with Crippen LogP contribution in [0.25, 0.3) is 0 Å². The van der Waals surface area contributed by atoms with Crippen LogP contribution < -0.4 is 16.2 Å². The average Bonchev–Trinajstić information content (AvgIpc) is 2.41. The van der Waals surface area contributed by atoms with Gasteiger partial charge in [-0.25, -0.2) is 0 Å². The number of hydrogen-bond acceptors (Lipinski definition) is 3. The van der Waals surface area contributed by atoms with E-state index in [2.05, 4.69) is 39.8 Å². The quantitative estimate of drug-likeness (QED) is 0.796. The molecular formula is C16H28N2O. The Balaban J connectivity index is 3.01. The van der Waals surface area contributed by atoms with Crippen molar-refractivity contribution in [1.29, 1.82) is 0 Å². The molecule has 1 aromatic rings. The summed E-state index contributed by atoms with van der Waals surface area (Å²) in [5, 5.41) is 0. The average molecular weight is 264 g/mol. The second-order valence-electron chi connectivity index (χ2n) is 5.27. The third kappa shape index (κ3) is 3.71. The van der Waals surface area contributed by atoms with Gasteiger partial charge in [0.25, 0.3) is 0 Å². The molecule has 0 spiro atoms. The van der Waals surface area contributed by atoms with Crippen LogP contribution in [0.15, 0.2) is 12.1 Å². The van der Waals surface area contributed by atoms with Gasteiger partial charge in [-0.1, -0.05) is 19.9 Å². The van der Waals surface area contributed by atoms with Crippen molar-refractivity contribution in [2.24, 2.45) is 17.4 Å². The Kier molecular flexibility index (Phi) is 6.32. The van der Waals surface area contributed by atoms with Gasteiger partial charge < -0.3 is 16.2 Å². The Hall–Kier alpha value is -1.06. The van der Waals surface area contributed by atoms with E-state index in [4.69, 9.17) is 16.2 Å². The van der Waals surface area contributed by atoms with Crippen molar-refractivity contribution in [1.82, 2.24) is 0 Å². The van der Waals surface area contributed by atoms with Gasteiger partial charge in [-0.05, 0) is 68.0 Å². The highest BCUT2D eigenvalue weighted by Gasteiger charge is 2.19. The molecule has 0 heterocycles. The topological polar surface area (TPSA) is 61.3 Å². The van der Waals surface area contributed by atoms with Gasteiger partial charge in [0.05, 0.1) is 6.61 Å². The first-order valence-corrected chi connectivity index (χ1v) is 7.19. The summed E-state index contributed by atoms with van der Waals surface area (Å²) in [6.07, 6.45) is 1.03. The van der Waals surface area contributed by atoms with Crippen molar-refractivity contribution in [2.75, 3.05) is 19.7 Å². The molecule has 0 saturated carbocycles. The predicted octanol–water partition coefficient (Wildman–Crippen LogP) is 2.73. The summed E-state index contributed by atoms with van der Waals surface area (Å²) < 4.78 is 5.77. The molecule has 1 aromatic carbocycles. The van der Waals surface area contributed by atoms with E-state index in [1.807, 2.05) is 0 Å². The van der Waals surface area contributed by atoms with E-state index in [0.29, 0.717) is 24.9 Å². The second-order valence-corrected chi connectivity index (χ2v) is 5.27. The molecule has 0 aliphatic heterocycles. The summed E-state index contributed by atoms with van der Waals surface area (Å²) in [4.78, 5) is 0. The summed E-state index contributed by atoms with van der Waals surface area (Å²) in [5.74, 6) is 1.71. The van der Waals surface area contributed by atoms with Crippen LogP contribution in [0.2, 0.25) is 0 Å². The van der Waals surface area contributed by atoms with Gasteiger partial charge in [0.15, 0.2) is 0 Å². The van der Waals surface area contributed by atoms with Gasteiger partial charge in [-0.2, -0.15) is 0 Å². The van der Waals surface area contributed by atoms with Crippen LogP contribution >= 0.6 is 0 Å². The molecule has 0 aromatic heterocycles. The molecular weight excluding hydrogens is 236 g/mol. The monoisotopic (exact) mass is 264 g/mol. The van der Waals surface area contributed by atoms with Gasteiger partial charge in [-0.15, -0.1) is 0 Å². The van der Waals surface area contributed by atoms with Crippen LogP contribution in [-0.4, -0.2) is 19.7 Å². The number of hydrogen-bond donors (Lipinski definition) is 2. The van der Waals surface area contributed by atoms with Gasteiger partial charge in [-0.3, -0.25) is 0 Å². The summed E-state index contributed by atoms with van der Waals surface area (Å²) in [6, 6.07) is 4.24. The van der Waals surface area contributed by atoms with E-state index in [9.17, 15) is 0 Å². The number of benzene rings is 1. The third-order valence-electron chi connectivity index (χ3n) is 4.04. The highest BCUT2D eigenvalue weighted by molar-refractivity contribution is 5.45. The molecule has 0 aliphatic rings. The lowest BCUT2D eigenvalue weighted by Gasteiger charge is -2.24. The fraction of sp³-hybridized carbons (Fsp3) is 0.625. The largest absolute Gasteiger partial charge is 0.493 e. The highest BCUT2D eigenvalue weighted by Crippen LogP contribution is 2.32. The van der Waals surface area contributed by atoms with Crippen molar-refractivity contribution >= 4 is 0 Å². The molecule has 108 valence electrons. The minimum Gasteiger partial charge on any atom is -0.493 e. The molecule has 1 atom stereocenters. The fourth-order valence-electron chi connectivity index (χ4n) is 2.44. The minimum atomic E-state index is 0.334. The van der Waals surface area contributed by atoms with Crippen LogP contribution in [0, 0.1) is 19.8 Å². The molecule has 1 unspecified atom stereocenters. The van der Waals surface area contributed by atoms with Crippen molar-refractivity contribution in [3.63, 3.8) is 0 Å². The Bertz CT molecular complexity index is 400. The number of ether oxygens (including phenoxy) is 1. The van der Waals surface area contributed by atoms with E-state index in [0.717, 1.165) is 18.8 Å². The summed E-state index contributed by atoms with van der Waals surface area (Å²) in [7, 11) is 0. The maximum atomic E-state index is 5.80. The van der Waals surface area contributed by atoms with Gasteiger partial charge in [0.1, 0.15) is 5.75 Å². The SMILES string of the molecule is CCCOc1ccc(C(C)C(CN)CN)c(C)c1C. The van der Waals surface area contributed by atoms with E-state index >= 15 is 0 Å². The van der Waals surface area contributed by atoms with Gasteiger partial charge in [0, 0.05) is 0 Å². The smallest absolute Gasteiger partial charge is 0.122 e. The van der Waals surface area contributed by atoms with Crippen LogP contribution in [-0.2, 0) is 0 Å². The molecule has 0 aliphatic carbocycles. The van der Waals surface area contributed by atoms with E-state index < -0.39 is 0 Å². The van der Waals surface area contributed by atoms with Crippen LogP contribution in [0.5, 0.6) is 5.75 Å². The molecule has 0 amide bonds. The maximum absolute atomic E-state index is 5.80. The van der Waals surface area contributed by atoms with Crippen molar-refractivity contribution in [3.05, 3.63) is 28.8 Å². The lowest BCUT2D eigenvalue weighted by Crippen LogP contribution is -2.28. The van der Waals surface area contributed by atoms with E-state index in [-0.39, 0.29) is 0 Å². The first kappa shape index (κ1) is 16.0. The zero-order valence-corrected chi connectivity index (χ0v) is 12.7. The van der Waals surface area contributed by atoms with Gasteiger partial charge in [0.2, 0.25) is 0 Å². The Labute approximate surface area is 117 Å². The van der Waals surface area contributed by atoms with Crippen molar-refractivity contribution in [3.8, 4) is 5.75 Å². The Morgan fingerprint density at radius 1 is 1.11 bits per heavy atom. The normalized spacial score (nSPS) is 12.8. The number of rotatable bonds is 7. The maximum Gasteiger partial charge on any atom is 0.122 e. The zero-order chi connectivity index (χ0) is 14.4. The molecule has 0 radical (unpaired) electrons. The fourth-order valence-corrected chi connectivity index (χ4v) is 2.44. The molecule has 3 heteroatoms. The standard InChI is InChI=1S/C16H28N2O/c1-5-8-19-16-7-6-15(11(2)12(16)3)13(4)14(9-17)10-18/h6-7,13-14H,5,8-10,17-18H2,1-4H3. The van der Waals surface area contributed by atoms with Crippen LogP contribution in [0.4, 0.5) is 0 Å². The molecule has 4 N–H and O–H groups in total. The minimum absolute atomic E-state index is 0.334. The summed E-state index contributed by atoms with van der Waals surface area (Å²) in [6.45, 7) is 10.6. The molecule has 1 rings (SSSR count). The van der Waals surface area contributed by atoms with Crippen molar-refractivity contribution in [2.45, 2.75) is 40.0 Å². The molecule has 0 fully saturated rings. The summed E-state index contributed by atoms with van der Waals surface area (Å²) in [5.41, 5.74) is 15.5. The van der Waals surface area contributed by atoms with E-state index in [1.165, 1.54) is 16.7 Å². The zero-order valence-electron chi connectivity index (χ0n) is 12.7. The van der Waals surface area contributed by atoms with Crippen molar-refractivity contribution < 1.29 is 4.74 Å².